The predicted molar refractivity (Wildman–Crippen MR) is 104 cm³/mol. The van der Waals surface area contributed by atoms with Gasteiger partial charge >= 0.3 is 0 Å². The Labute approximate surface area is 154 Å². The number of benzene rings is 1. The maximum absolute atomic E-state index is 12.0. The van der Waals surface area contributed by atoms with Crippen LogP contribution in [0.4, 0.5) is 0 Å². The smallest absolute Gasteiger partial charge is 0.224 e. The molecule has 0 aliphatic carbocycles. The van der Waals surface area contributed by atoms with E-state index in [9.17, 15) is 4.79 Å². The fourth-order valence-electron chi connectivity index (χ4n) is 2.05. The number of thioether (sulfide) groups is 1. The number of hydrogen-bond donors (Lipinski definition) is 2. The standard InChI is InChI=1S/C19H25N3O2S/c1-4-8-17(15-9-6-10-16(13-15)24-3)25-19(5-2)22-18(23)11-7-12-21-14-20/h5-6,8-10,13,21H,4,7,11-12H2,1-3H3,(H,22,23)/b17-8+,19-5-. The molecule has 2 N–H and O–H groups in total. The zero-order valence-electron chi connectivity index (χ0n) is 15.0. The Kier molecular flexibility index (Phi) is 9.95. The van der Waals surface area contributed by atoms with Crippen molar-refractivity contribution in [3.05, 3.63) is 47.0 Å². The van der Waals surface area contributed by atoms with Crippen molar-refractivity contribution in [2.45, 2.75) is 33.1 Å². The Morgan fingerprint density at radius 1 is 1.44 bits per heavy atom. The molecule has 0 aliphatic rings. The van der Waals surface area contributed by atoms with Gasteiger partial charge in [0.25, 0.3) is 0 Å². The molecule has 0 spiro atoms. The molecular weight excluding hydrogens is 334 g/mol. The molecule has 0 bridgehead atoms. The first-order valence-corrected chi connectivity index (χ1v) is 9.06. The lowest BCUT2D eigenvalue weighted by molar-refractivity contribution is -0.120. The van der Waals surface area contributed by atoms with Crippen molar-refractivity contribution in [2.24, 2.45) is 0 Å². The molecule has 0 fully saturated rings. The van der Waals surface area contributed by atoms with Gasteiger partial charge in [-0.3, -0.25) is 4.79 Å². The largest absolute Gasteiger partial charge is 0.497 e. The van der Waals surface area contributed by atoms with E-state index in [1.807, 2.05) is 43.5 Å². The van der Waals surface area contributed by atoms with Crippen LogP contribution in [0.3, 0.4) is 0 Å². The van der Waals surface area contributed by atoms with Crippen molar-refractivity contribution >= 4 is 22.6 Å². The number of carbonyl (C=O) groups is 1. The zero-order chi connectivity index (χ0) is 18.5. The minimum absolute atomic E-state index is 0.0539. The molecule has 134 valence electrons. The molecule has 0 aromatic heterocycles. The molecule has 6 heteroatoms. The predicted octanol–water partition coefficient (Wildman–Crippen LogP) is 4.01. The second kappa shape index (κ2) is 12.0. The van der Waals surface area contributed by atoms with Gasteiger partial charge in [-0.25, -0.2) is 0 Å². The molecule has 0 saturated carbocycles. The fourth-order valence-corrected chi connectivity index (χ4v) is 3.06. The van der Waals surface area contributed by atoms with Crippen LogP contribution in [-0.4, -0.2) is 19.6 Å². The fraction of sp³-hybridized carbons (Fsp3) is 0.368. The third-order valence-electron chi connectivity index (χ3n) is 3.27. The van der Waals surface area contributed by atoms with Crippen molar-refractivity contribution in [1.82, 2.24) is 10.6 Å². The summed E-state index contributed by atoms with van der Waals surface area (Å²) in [5.74, 6) is 0.748. The Morgan fingerprint density at radius 2 is 2.24 bits per heavy atom. The van der Waals surface area contributed by atoms with E-state index >= 15 is 0 Å². The summed E-state index contributed by atoms with van der Waals surface area (Å²) in [7, 11) is 1.65. The van der Waals surface area contributed by atoms with E-state index in [-0.39, 0.29) is 5.91 Å². The van der Waals surface area contributed by atoms with Gasteiger partial charge in [-0.05, 0) is 37.5 Å². The number of allylic oxidation sites excluding steroid dienone is 2. The number of carbonyl (C=O) groups excluding carboxylic acids is 1. The number of nitrogens with one attached hydrogen (secondary N) is 2. The molecular formula is C19H25N3O2S. The van der Waals surface area contributed by atoms with E-state index in [1.54, 1.807) is 7.11 Å². The third kappa shape index (κ3) is 7.81. The van der Waals surface area contributed by atoms with Crippen molar-refractivity contribution in [2.75, 3.05) is 13.7 Å². The van der Waals surface area contributed by atoms with Crippen LogP contribution in [0.2, 0.25) is 0 Å². The van der Waals surface area contributed by atoms with E-state index in [1.165, 1.54) is 11.8 Å². The maximum Gasteiger partial charge on any atom is 0.224 e. The van der Waals surface area contributed by atoms with Gasteiger partial charge in [0.1, 0.15) is 5.75 Å². The van der Waals surface area contributed by atoms with Crippen LogP contribution >= 0.6 is 11.8 Å². The van der Waals surface area contributed by atoms with Crippen LogP contribution in [-0.2, 0) is 4.79 Å². The topological polar surface area (TPSA) is 74.2 Å². The molecule has 1 aromatic rings. The minimum atomic E-state index is -0.0539. The monoisotopic (exact) mass is 359 g/mol. The number of hydrogen-bond acceptors (Lipinski definition) is 5. The van der Waals surface area contributed by atoms with Gasteiger partial charge in [-0.15, -0.1) is 0 Å². The average Bonchev–Trinajstić information content (AvgIpc) is 2.64. The quantitative estimate of drug-likeness (QED) is 0.375. The average molecular weight is 359 g/mol. The number of rotatable bonds is 10. The van der Waals surface area contributed by atoms with Gasteiger partial charge in [0.2, 0.25) is 5.91 Å². The summed E-state index contributed by atoms with van der Waals surface area (Å²) in [5.41, 5.74) is 1.05. The van der Waals surface area contributed by atoms with Crippen molar-refractivity contribution in [1.29, 1.82) is 5.26 Å². The first-order valence-electron chi connectivity index (χ1n) is 8.25. The SMILES string of the molecule is C/C=C(/NC(=O)CCCNC#N)S/C(=C/CC)c1cccc(OC)c1. The first kappa shape index (κ1) is 20.7. The first-order chi connectivity index (χ1) is 12.1. The van der Waals surface area contributed by atoms with E-state index in [0.717, 1.165) is 27.7 Å². The molecule has 1 rings (SSSR count). The van der Waals surface area contributed by atoms with E-state index in [4.69, 9.17) is 10.00 Å². The van der Waals surface area contributed by atoms with Crippen LogP contribution in [0.1, 0.15) is 38.7 Å². The molecule has 5 nitrogen and oxygen atoms in total. The van der Waals surface area contributed by atoms with Gasteiger partial charge in [-0.2, -0.15) is 5.26 Å². The van der Waals surface area contributed by atoms with Crippen molar-refractivity contribution < 1.29 is 9.53 Å². The number of methoxy groups -OCH3 is 1. The Bertz CT molecular complexity index is 663. The Balaban J connectivity index is 2.73. The van der Waals surface area contributed by atoms with Gasteiger partial charge in [0, 0.05) is 17.9 Å². The van der Waals surface area contributed by atoms with Crippen molar-refractivity contribution in [3.63, 3.8) is 0 Å². The summed E-state index contributed by atoms with van der Waals surface area (Å²) in [6.45, 7) is 4.48. The molecule has 0 atom stereocenters. The lowest BCUT2D eigenvalue weighted by atomic mass is 10.2. The van der Waals surface area contributed by atoms with Gasteiger partial charge < -0.3 is 15.4 Å². The lowest BCUT2D eigenvalue weighted by Crippen LogP contribution is -2.22. The molecule has 0 heterocycles. The van der Waals surface area contributed by atoms with Gasteiger partial charge in [0.15, 0.2) is 6.19 Å². The molecule has 1 aromatic carbocycles. The van der Waals surface area contributed by atoms with Crippen LogP contribution in [0, 0.1) is 11.5 Å². The normalized spacial score (nSPS) is 11.6. The number of nitrogens with zero attached hydrogens (tertiary/aromatic N) is 1. The van der Waals surface area contributed by atoms with Gasteiger partial charge in [0.05, 0.1) is 12.1 Å². The molecule has 0 radical (unpaired) electrons. The summed E-state index contributed by atoms with van der Waals surface area (Å²) in [6, 6.07) is 7.87. The third-order valence-corrected chi connectivity index (χ3v) is 4.45. The summed E-state index contributed by atoms with van der Waals surface area (Å²) >= 11 is 1.53. The molecule has 0 saturated heterocycles. The van der Waals surface area contributed by atoms with E-state index < -0.39 is 0 Å². The van der Waals surface area contributed by atoms with Crippen LogP contribution in [0.25, 0.3) is 4.91 Å². The maximum atomic E-state index is 12.0. The number of nitriles is 1. The second-order valence-electron chi connectivity index (χ2n) is 5.15. The summed E-state index contributed by atoms with van der Waals surface area (Å²) in [4.78, 5) is 13.1. The molecule has 25 heavy (non-hydrogen) atoms. The highest BCUT2D eigenvalue weighted by Crippen LogP contribution is 2.34. The second-order valence-corrected chi connectivity index (χ2v) is 6.24. The minimum Gasteiger partial charge on any atom is -0.497 e. The van der Waals surface area contributed by atoms with E-state index in [0.29, 0.717) is 19.4 Å². The Morgan fingerprint density at radius 3 is 2.88 bits per heavy atom. The summed E-state index contributed by atoms with van der Waals surface area (Å²) < 4.78 is 5.29. The highest BCUT2D eigenvalue weighted by Gasteiger charge is 2.10. The molecule has 0 unspecified atom stereocenters. The highest BCUT2D eigenvalue weighted by molar-refractivity contribution is 8.11. The van der Waals surface area contributed by atoms with Gasteiger partial charge in [-0.1, -0.05) is 43.0 Å². The number of ether oxygens (including phenoxy) is 1. The highest BCUT2D eigenvalue weighted by atomic mass is 32.2. The lowest BCUT2D eigenvalue weighted by Gasteiger charge is -2.13. The molecule has 1 amide bonds. The van der Waals surface area contributed by atoms with Crippen LogP contribution in [0.5, 0.6) is 5.75 Å². The van der Waals surface area contributed by atoms with Crippen LogP contribution in [0.15, 0.2) is 41.4 Å². The van der Waals surface area contributed by atoms with Crippen LogP contribution < -0.4 is 15.4 Å². The van der Waals surface area contributed by atoms with E-state index in [2.05, 4.69) is 23.6 Å². The van der Waals surface area contributed by atoms with Crippen molar-refractivity contribution in [3.8, 4) is 11.9 Å². The Hall–Kier alpha value is -2.39. The number of amides is 1. The molecule has 0 aliphatic heterocycles. The summed E-state index contributed by atoms with van der Waals surface area (Å²) in [5, 5.41) is 14.7. The zero-order valence-corrected chi connectivity index (χ0v) is 15.8. The summed E-state index contributed by atoms with van der Waals surface area (Å²) in [6.07, 6.45) is 7.75.